The van der Waals surface area contributed by atoms with Crippen LogP contribution in [-0.2, 0) is 14.6 Å². The Balaban J connectivity index is 2.41. The molecule has 0 spiro atoms. The fourth-order valence-corrected chi connectivity index (χ4v) is 3.69. The topological polar surface area (TPSA) is 43.4 Å². The Bertz CT molecular complexity index is 621. The Morgan fingerprint density at radius 3 is 2.05 bits per heavy atom. The van der Waals surface area contributed by atoms with E-state index in [-0.39, 0.29) is 6.61 Å². The summed E-state index contributed by atoms with van der Waals surface area (Å²) in [6, 6.07) is 17.7. The molecule has 0 aliphatic carbocycles. The quantitative estimate of drug-likeness (QED) is 0.820. The van der Waals surface area contributed by atoms with Gasteiger partial charge in [0.05, 0.1) is 11.5 Å². The van der Waals surface area contributed by atoms with Crippen LogP contribution in [0.2, 0.25) is 0 Å². The third kappa shape index (κ3) is 3.26. The minimum absolute atomic E-state index is 0.164. The molecule has 0 saturated carbocycles. The van der Waals surface area contributed by atoms with Gasteiger partial charge >= 0.3 is 0 Å². The second-order valence-corrected chi connectivity index (χ2v) is 6.55. The number of ether oxygens (including phenoxy) is 1. The number of rotatable bonds is 6. The summed E-state index contributed by atoms with van der Waals surface area (Å²) in [7, 11) is -3.45. The highest BCUT2D eigenvalue weighted by atomic mass is 32.2. The maximum atomic E-state index is 12.8. The molecule has 0 radical (unpaired) electrons. The maximum Gasteiger partial charge on any atom is 0.187 e. The summed E-state index contributed by atoms with van der Waals surface area (Å²) in [5.74, 6) is 0. The molecule has 4 heteroatoms. The second-order valence-electron chi connectivity index (χ2n) is 4.42. The van der Waals surface area contributed by atoms with E-state index in [2.05, 4.69) is 0 Å². The first-order chi connectivity index (χ1) is 9.66. The molecule has 3 nitrogen and oxygen atoms in total. The van der Waals surface area contributed by atoms with E-state index in [1.165, 1.54) is 0 Å². The molecule has 0 bridgehead atoms. The first-order valence-corrected chi connectivity index (χ1v) is 8.12. The van der Waals surface area contributed by atoms with Gasteiger partial charge in [-0.1, -0.05) is 48.5 Å². The van der Waals surface area contributed by atoms with Crippen molar-refractivity contribution in [2.24, 2.45) is 0 Å². The lowest BCUT2D eigenvalue weighted by Gasteiger charge is -2.18. The Kier molecular flexibility index (Phi) is 4.93. The molecular weight excluding hydrogens is 272 g/mol. The molecule has 0 saturated heterocycles. The maximum absolute atomic E-state index is 12.8. The largest absolute Gasteiger partial charge is 0.380 e. The summed E-state index contributed by atoms with van der Waals surface area (Å²) in [5, 5.41) is -0.675. The summed E-state index contributed by atoms with van der Waals surface area (Å²) in [4.78, 5) is 0.327. The van der Waals surface area contributed by atoms with E-state index in [1.807, 2.05) is 37.3 Å². The van der Waals surface area contributed by atoms with Crippen LogP contribution in [0.1, 0.15) is 17.7 Å². The zero-order valence-corrected chi connectivity index (χ0v) is 12.2. The van der Waals surface area contributed by atoms with Crippen LogP contribution in [0, 0.1) is 0 Å². The van der Waals surface area contributed by atoms with E-state index in [0.717, 1.165) is 5.56 Å². The van der Waals surface area contributed by atoms with Gasteiger partial charge in [-0.25, -0.2) is 8.42 Å². The van der Waals surface area contributed by atoms with Crippen LogP contribution in [0.15, 0.2) is 65.6 Å². The summed E-state index contributed by atoms with van der Waals surface area (Å²) in [5.41, 5.74) is 0.754. The molecule has 0 N–H and O–H groups in total. The molecule has 2 aromatic carbocycles. The zero-order chi connectivity index (χ0) is 14.4. The van der Waals surface area contributed by atoms with Crippen LogP contribution in [0.4, 0.5) is 0 Å². The Labute approximate surface area is 120 Å². The molecular formula is C16H18O3S. The minimum atomic E-state index is -3.45. The van der Waals surface area contributed by atoms with E-state index >= 15 is 0 Å². The van der Waals surface area contributed by atoms with Crippen molar-refractivity contribution in [3.8, 4) is 0 Å². The standard InChI is InChI=1S/C16H18O3S/c1-2-19-13-16(14-9-5-3-6-10-14)20(17,18)15-11-7-4-8-12-15/h3-12,16H,2,13H2,1H3. The number of sulfone groups is 1. The molecule has 106 valence electrons. The van der Waals surface area contributed by atoms with Crippen LogP contribution < -0.4 is 0 Å². The SMILES string of the molecule is CCOCC(c1ccccc1)S(=O)(=O)c1ccccc1. The molecule has 2 aromatic rings. The van der Waals surface area contributed by atoms with Gasteiger partial charge in [-0.2, -0.15) is 0 Å². The molecule has 0 heterocycles. The predicted molar refractivity (Wildman–Crippen MR) is 79.3 cm³/mol. The van der Waals surface area contributed by atoms with E-state index in [4.69, 9.17) is 4.74 Å². The van der Waals surface area contributed by atoms with E-state index in [9.17, 15) is 8.42 Å². The summed E-state index contributed by atoms with van der Waals surface area (Å²) >= 11 is 0. The van der Waals surface area contributed by atoms with Crippen molar-refractivity contribution in [1.29, 1.82) is 0 Å². The number of hydrogen-bond acceptors (Lipinski definition) is 3. The third-order valence-corrected chi connectivity index (χ3v) is 5.18. The first-order valence-electron chi connectivity index (χ1n) is 6.58. The molecule has 0 amide bonds. The van der Waals surface area contributed by atoms with Crippen molar-refractivity contribution in [2.75, 3.05) is 13.2 Å². The summed E-state index contributed by atoms with van der Waals surface area (Å²) in [6.45, 7) is 2.52. The normalized spacial score (nSPS) is 13.1. The number of hydrogen-bond donors (Lipinski definition) is 0. The van der Waals surface area contributed by atoms with Gasteiger partial charge < -0.3 is 4.74 Å². The Morgan fingerprint density at radius 1 is 0.950 bits per heavy atom. The highest BCUT2D eigenvalue weighted by Gasteiger charge is 2.28. The molecule has 20 heavy (non-hydrogen) atoms. The van der Waals surface area contributed by atoms with E-state index in [1.54, 1.807) is 30.3 Å². The Hall–Kier alpha value is -1.65. The van der Waals surface area contributed by atoms with Crippen molar-refractivity contribution in [2.45, 2.75) is 17.1 Å². The monoisotopic (exact) mass is 290 g/mol. The predicted octanol–water partition coefficient (Wildman–Crippen LogP) is 3.24. The lowest BCUT2D eigenvalue weighted by molar-refractivity contribution is 0.147. The average Bonchev–Trinajstić information content (AvgIpc) is 2.49. The smallest absolute Gasteiger partial charge is 0.187 e. The fraction of sp³-hybridized carbons (Fsp3) is 0.250. The van der Waals surface area contributed by atoms with Gasteiger partial charge in [-0.15, -0.1) is 0 Å². The van der Waals surface area contributed by atoms with Gasteiger partial charge in [0.15, 0.2) is 9.84 Å². The van der Waals surface area contributed by atoms with E-state index in [0.29, 0.717) is 11.5 Å². The lowest BCUT2D eigenvalue weighted by Crippen LogP contribution is -2.19. The van der Waals surface area contributed by atoms with Gasteiger partial charge in [0, 0.05) is 6.61 Å². The highest BCUT2D eigenvalue weighted by molar-refractivity contribution is 7.91. The molecule has 1 unspecified atom stereocenters. The van der Waals surface area contributed by atoms with Crippen LogP contribution in [0.5, 0.6) is 0 Å². The lowest BCUT2D eigenvalue weighted by atomic mass is 10.1. The van der Waals surface area contributed by atoms with Crippen molar-refractivity contribution >= 4 is 9.84 Å². The van der Waals surface area contributed by atoms with Crippen molar-refractivity contribution < 1.29 is 13.2 Å². The zero-order valence-electron chi connectivity index (χ0n) is 11.4. The van der Waals surface area contributed by atoms with Gasteiger partial charge in [-0.05, 0) is 24.6 Å². The van der Waals surface area contributed by atoms with Crippen LogP contribution in [0.3, 0.4) is 0 Å². The molecule has 0 aliphatic heterocycles. The molecule has 1 atom stereocenters. The molecule has 0 fully saturated rings. The molecule has 0 aliphatic rings. The van der Waals surface area contributed by atoms with Crippen molar-refractivity contribution in [1.82, 2.24) is 0 Å². The van der Waals surface area contributed by atoms with Crippen LogP contribution >= 0.6 is 0 Å². The van der Waals surface area contributed by atoms with Gasteiger partial charge in [-0.3, -0.25) is 0 Å². The molecule has 0 aromatic heterocycles. The van der Waals surface area contributed by atoms with Crippen LogP contribution in [-0.4, -0.2) is 21.6 Å². The third-order valence-electron chi connectivity index (χ3n) is 3.09. The second kappa shape index (κ2) is 6.68. The van der Waals surface area contributed by atoms with E-state index < -0.39 is 15.1 Å². The summed E-state index contributed by atoms with van der Waals surface area (Å²) < 4.78 is 30.9. The van der Waals surface area contributed by atoms with Gasteiger partial charge in [0.1, 0.15) is 5.25 Å². The van der Waals surface area contributed by atoms with Gasteiger partial charge in [0.25, 0.3) is 0 Å². The van der Waals surface area contributed by atoms with Crippen molar-refractivity contribution in [3.05, 3.63) is 66.2 Å². The first kappa shape index (κ1) is 14.8. The van der Waals surface area contributed by atoms with Crippen LogP contribution in [0.25, 0.3) is 0 Å². The molecule has 2 rings (SSSR count). The minimum Gasteiger partial charge on any atom is -0.380 e. The highest BCUT2D eigenvalue weighted by Crippen LogP contribution is 2.29. The average molecular weight is 290 g/mol. The summed E-state index contributed by atoms with van der Waals surface area (Å²) in [6.07, 6.45) is 0. The van der Waals surface area contributed by atoms with Gasteiger partial charge in [0.2, 0.25) is 0 Å². The van der Waals surface area contributed by atoms with Crippen molar-refractivity contribution in [3.63, 3.8) is 0 Å². The Morgan fingerprint density at radius 2 is 1.50 bits per heavy atom. The number of benzene rings is 2. The fourth-order valence-electron chi connectivity index (χ4n) is 2.03.